The van der Waals surface area contributed by atoms with Crippen LogP contribution in [-0.2, 0) is 14.3 Å². The summed E-state index contributed by atoms with van der Waals surface area (Å²) in [7, 11) is 1.35. The number of carbonyl (C=O) groups excluding carboxylic acids is 3. The summed E-state index contributed by atoms with van der Waals surface area (Å²) in [4.78, 5) is 36.9. The summed E-state index contributed by atoms with van der Waals surface area (Å²) in [5.41, 5.74) is 0. The number of methoxy groups -OCH3 is 1. The molecule has 1 N–H and O–H groups in total. The Morgan fingerprint density at radius 1 is 1.40 bits per heavy atom. The van der Waals surface area contributed by atoms with Crippen molar-refractivity contribution in [2.45, 2.75) is 13.3 Å². The van der Waals surface area contributed by atoms with E-state index < -0.39 is 0 Å². The zero-order valence-corrected chi connectivity index (χ0v) is 12.2. The number of thiophene rings is 1. The Bertz CT molecular complexity index is 540. The van der Waals surface area contributed by atoms with Crippen molar-refractivity contribution < 1.29 is 19.1 Å². The number of carbonyl (C=O) groups is 3. The maximum atomic E-state index is 12.3. The Hall–Kier alpha value is -1.89. The lowest BCUT2D eigenvalue weighted by Gasteiger charge is -2.14. The van der Waals surface area contributed by atoms with Crippen molar-refractivity contribution >= 4 is 34.1 Å². The van der Waals surface area contributed by atoms with Crippen molar-refractivity contribution in [3.05, 3.63) is 17.0 Å². The second kappa shape index (κ2) is 6.04. The van der Waals surface area contributed by atoms with Crippen LogP contribution in [0.25, 0.3) is 0 Å². The molecule has 0 aliphatic carbocycles. The first kappa shape index (κ1) is 14.5. The first-order valence-corrected chi connectivity index (χ1v) is 7.07. The Balaban J connectivity index is 2.00. The molecule has 1 unspecified atom stereocenters. The Kier molecular flexibility index (Phi) is 4.39. The number of rotatable bonds is 3. The van der Waals surface area contributed by atoms with E-state index in [0.717, 1.165) is 0 Å². The van der Waals surface area contributed by atoms with Crippen LogP contribution in [0.3, 0.4) is 0 Å². The highest BCUT2D eigenvalue weighted by Gasteiger charge is 2.32. The van der Waals surface area contributed by atoms with Crippen LogP contribution >= 0.6 is 11.3 Å². The average molecular weight is 296 g/mol. The number of likely N-dealkylation sites (tertiary alicyclic amines) is 1. The quantitative estimate of drug-likeness (QED) is 0.854. The molecule has 0 bridgehead atoms. The number of hydrogen-bond acceptors (Lipinski definition) is 5. The molecule has 0 aromatic carbocycles. The van der Waals surface area contributed by atoms with Crippen molar-refractivity contribution in [2.75, 3.05) is 25.5 Å². The minimum absolute atomic E-state index is 0.113. The van der Waals surface area contributed by atoms with E-state index in [0.29, 0.717) is 29.4 Å². The molecule has 108 valence electrons. The van der Waals surface area contributed by atoms with Gasteiger partial charge in [0.2, 0.25) is 5.91 Å². The fourth-order valence-corrected chi connectivity index (χ4v) is 3.07. The largest absolute Gasteiger partial charge is 0.469 e. The first-order chi connectivity index (χ1) is 9.51. The monoisotopic (exact) mass is 296 g/mol. The molecule has 0 spiro atoms. The lowest BCUT2D eigenvalue weighted by atomic mass is 10.1. The Morgan fingerprint density at radius 2 is 2.15 bits per heavy atom. The van der Waals surface area contributed by atoms with Gasteiger partial charge in [-0.15, -0.1) is 11.3 Å². The number of nitrogens with zero attached hydrogens (tertiary/aromatic N) is 1. The fraction of sp³-hybridized carbons (Fsp3) is 0.462. The molecule has 1 aliphatic rings. The van der Waals surface area contributed by atoms with Crippen LogP contribution in [0.2, 0.25) is 0 Å². The number of hydrogen-bond donors (Lipinski definition) is 1. The molecule has 6 nitrogen and oxygen atoms in total. The molecule has 2 amide bonds. The van der Waals surface area contributed by atoms with Gasteiger partial charge < -0.3 is 15.0 Å². The summed E-state index contributed by atoms with van der Waals surface area (Å²) in [6.07, 6.45) is 0.627. The number of anilines is 1. The van der Waals surface area contributed by atoms with Crippen LogP contribution in [0.5, 0.6) is 0 Å². The van der Waals surface area contributed by atoms with Gasteiger partial charge in [-0.2, -0.15) is 0 Å². The second-order valence-electron chi connectivity index (χ2n) is 4.61. The third kappa shape index (κ3) is 3.16. The minimum atomic E-state index is -0.273. The summed E-state index contributed by atoms with van der Waals surface area (Å²) in [5, 5.41) is 3.28. The van der Waals surface area contributed by atoms with E-state index in [1.54, 1.807) is 17.0 Å². The molecule has 1 aromatic rings. The molecule has 2 rings (SSSR count). The predicted molar refractivity (Wildman–Crippen MR) is 74.6 cm³/mol. The summed E-state index contributed by atoms with van der Waals surface area (Å²) in [5.74, 6) is -0.792. The Labute approximate surface area is 120 Å². The van der Waals surface area contributed by atoms with Crippen molar-refractivity contribution in [1.82, 2.24) is 4.90 Å². The molecule has 2 heterocycles. The maximum absolute atomic E-state index is 12.3. The van der Waals surface area contributed by atoms with E-state index in [-0.39, 0.29) is 23.7 Å². The lowest BCUT2D eigenvalue weighted by molar-refractivity contribution is -0.144. The average Bonchev–Trinajstić information content (AvgIpc) is 3.05. The van der Waals surface area contributed by atoms with Gasteiger partial charge in [0, 0.05) is 20.0 Å². The summed E-state index contributed by atoms with van der Waals surface area (Å²) < 4.78 is 4.69. The van der Waals surface area contributed by atoms with Crippen LogP contribution in [0.1, 0.15) is 23.0 Å². The summed E-state index contributed by atoms with van der Waals surface area (Å²) in [6.45, 7) is 2.35. The number of ether oxygens (including phenoxy) is 1. The Morgan fingerprint density at radius 3 is 2.80 bits per heavy atom. The minimum Gasteiger partial charge on any atom is -0.469 e. The molecule has 1 fully saturated rings. The van der Waals surface area contributed by atoms with Crippen molar-refractivity contribution in [1.29, 1.82) is 0 Å². The van der Waals surface area contributed by atoms with E-state index >= 15 is 0 Å². The summed E-state index contributed by atoms with van der Waals surface area (Å²) in [6, 6.07) is 3.39. The van der Waals surface area contributed by atoms with Gasteiger partial charge in [0.1, 0.15) is 0 Å². The summed E-state index contributed by atoms with van der Waals surface area (Å²) >= 11 is 1.23. The number of esters is 1. The molecule has 1 saturated heterocycles. The fourth-order valence-electron chi connectivity index (χ4n) is 2.15. The van der Waals surface area contributed by atoms with Crippen LogP contribution < -0.4 is 5.32 Å². The van der Waals surface area contributed by atoms with Gasteiger partial charge >= 0.3 is 5.97 Å². The third-order valence-electron chi connectivity index (χ3n) is 3.13. The molecule has 1 aromatic heterocycles. The number of nitrogens with one attached hydrogen (secondary N) is 1. The second-order valence-corrected chi connectivity index (χ2v) is 5.69. The van der Waals surface area contributed by atoms with E-state index in [9.17, 15) is 14.4 Å². The smallest absolute Gasteiger partial charge is 0.310 e. The highest BCUT2D eigenvalue weighted by molar-refractivity contribution is 7.18. The SMILES string of the molecule is COC(=O)C1CCN(C(=O)c2ccc(NC(C)=O)s2)C1. The number of amides is 2. The van der Waals surface area contributed by atoms with Gasteiger partial charge in [0.25, 0.3) is 5.91 Å². The standard InChI is InChI=1S/C13H16N2O4S/c1-8(16)14-11-4-3-10(20-11)12(17)15-6-5-9(7-15)13(18)19-2/h3-4,9H,5-7H2,1-2H3,(H,14,16). The van der Waals surface area contributed by atoms with E-state index in [4.69, 9.17) is 4.74 Å². The molecule has 0 radical (unpaired) electrons. The zero-order chi connectivity index (χ0) is 14.7. The molecular weight excluding hydrogens is 280 g/mol. The van der Waals surface area contributed by atoms with Crippen molar-refractivity contribution in [2.24, 2.45) is 5.92 Å². The van der Waals surface area contributed by atoms with Crippen LogP contribution in [0, 0.1) is 5.92 Å². The zero-order valence-electron chi connectivity index (χ0n) is 11.3. The maximum Gasteiger partial charge on any atom is 0.310 e. The van der Waals surface area contributed by atoms with Gasteiger partial charge in [-0.1, -0.05) is 0 Å². The molecular formula is C13H16N2O4S. The van der Waals surface area contributed by atoms with Crippen molar-refractivity contribution in [3.8, 4) is 0 Å². The van der Waals surface area contributed by atoms with Gasteiger partial charge in [-0.05, 0) is 18.6 Å². The van der Waals surface area contributed by atoms with Gasteiger partial charge in [0.15, 0.2) is 0 Å². The third-order valence-corrected chi connectivity index (χ3v) is 4.11. The van der Waals surface area contributed by atoms with Gasteiger partial charge in [0.05, 0.1) is 22.9 Å². The molecule has 0 saturated carbocycles. The lowest BCUT2D eigenvalue weighted by Crippen LogP contribution is -2.29. The molecule has 20 heavy (non-hydrogen) atoms. The molecule has 7 heteroatoms. The van der Waals surface area contributed by atoms with Crippen LogP contribution in [0.15, 0.2) is 12.1 Å². The first-order valence-electron chi connectivity index (χ1n) is 6.25. The topological polar surface area (TPSA) is 75.7 Å². The van der Waals surface area contributed by atoms with Crippen LogP contribution in [-0.4, -0.2) is 42.9 Å². The van der Waals surface area contributed by atoms with E-state index in [1.807, 2.05) is 0 Å². The van der Waals surface area contributed by atoms with Gasteiger partial charge in [-0.3, -0.25) is 14.4 Å². The van der Waals surface area contributed by atoms with Crippen molar-refractivity contribution in [3.63, 3.8) is 0 Å². The molecule has 1 atom stereocenters. The normalized spacial score (nSPS) is 17.9. The van der Waals surface area contributed by atoms with E-state index in [2.05, 4.69) is 5.32 Å². The highest BCUT2D eigenvalue weighted by Crippen LogP contribution is 2.26. The molecule has 1 aliphatic heterocycles. The van der Waals surface area contributed by atoms with Gasteiger partial charge in [-0.25, -0.2) is 0 Å². The van der Waals surface area contributed by atoms with Crippen LogP contribution in [0.4, 0.5) is 5.00 Å². The van der Waals surface area contributed by atoms with E-state index in [1.165, 1.54) is 25.4 Å². The predicted octanol–water partition coefficient (Wildman–Crippen LogP) is 1.34. The highest BCUT2D eigenvalue weighted by atomic mass is 32.1.